The minimum Gasteiger partial charge on any atom is -0.426 e. The molecule has 0 saturated carbocycles. The number of fused-ring (bicyclic) bond motifs is 1. The summed E-state index contributed by atoms with van der Waals surface area (Å²) in [6.45, 7) is 4.32. The minimum absolute atomic E-state index is 0.120. The van der Waals surface area contributed by atoms with Crippen LogP contribution in [0, 0.1) is 6.92 Å². The Balaban J connectivity index is 1.42. The molecular weight excluding hydrogens is 484 g/mol. The smallest absolute Gasteiger partial charge is 0.426 e. The van der Waals surface area contributed by atoms with Crippen molar-refractivity contribution in [3.8, 4) is 11.4 Å². The average molecular weight is 505 g/mol. The second-order valence-electron chi connectivity index (χ2n) is 8.20. The lowest BCUT2D eigenvalue weighted by molar-refractivity contribution is -0.308. The molecule has 0 bridgehead atoms. The summed E-state index contributed by atoms with van der Waals surface area (Å²) in [5.74, 6) is 0.300. The number of alkyl halides is 6. The lowest BCUT2D eigenvalue weighted by Crippen LogP contribution is -2.49. The van der Waals surface area contributed by atoms with E-state index in [-0.39, 0.29) is 37.7 Å². The number of amides is 1. The molecule has 3 aromatic rings. The number of hydrogen-bond donors (Lipinski definition) is 0. The average Bonchev–Trinajstić information content (AvgIpc) is 3.40. The summed E-state index contributed by atoms with van der Waals surface area (Å²) in [6, 6.07) is 5.64. The summed E-state index contributed by atoms with van der Waals surface area (Å²) in [6.07, 6.45) is -17.0. The van der Waals surface area contributed by atoms with Crippen LogP contribution in [0.25, 0.3) is 22.3 Å². The number of likely N-dealkylation sites (tertiary alicyclic amines) is 1. The maximum Gasteiger partial charge on any atom is 0.434 e. The first-order valence-corrected chi connectivity index (χ1v) is 10.8. The van der Waals surface area contributed by atoms with Gasteiger partial charge in [-0.25, -0.2) is 4.79 Å². The molecule has 0 N–H and O–H groups in total. The van der Waals surface area contributed by atoms with E-state index >= 15 is 0 Å². The van der Waals surface area contributed by atoms with E-state index in [0.717, 1.165) is 21.5 Å². The van der Waals surface area contributed by atoms with Gasteiger partial charge < -0.3 is 14.2 Å². The number of halogens is 6. The minimum atomic E-state index is -5.76. The summed E-state index contributed by atoms with van der Waals surface area (Å²) in [5.41, 5.74) is 2.51. The highest BCUT2D eigenvalue weighted by Gasteiger charge is 2.60. The van der Waals surface area contributed by atoms with Crippen molar-refractivity contribution in [2.24, 2.45) is 0 Å². The van der Waals surface area contributed by atoms with Crippen molar-refractivity contribution < 1.29 is 40.4 Å². The van der Waals surface area contributed by atoms with Crippen LogP contribution in [0.4, 0.5) is 31.1 Å². The highest BCUT2D eigenvalue weighted by Crippen LogP contribution is 2.37. The maximum atomic E-state index is 12.7. The largest absolute Gasteiger partial charge is 0.434 e. The van der Waals surface area contributed by atoms with Gasteiger partial charge in [-0.3, -0.25) is 4.68 Å². The van der Waals surface area contributed by atoms with E-state index < -0.39 is 24.5 Å². The van der Waals surface area contributed by atoms with E-state index in [1.165, 1.54) is 0 Å². The maximum absolute atomic E-state index is 12.7. The SMILES string of the molecule is CCn1nc(C)c2ccc(-c3noc(C4CCN(C(=O)OC(C(F)(F)F)C(F)(F)F)CC4)n3)cc21. The van der Waals surface area contributed by atoms with Crippen LogP contribution in [0.15, 0.2) is 22.7 Å². The molecule has 1 aromatic carbocycles. The lowest BCUT2D eigenvalue weighted by Gasteiger charge is -2.31. The van der Waals surface area contributed by atoms with Crippen LogP contribution in [0.5, 0.6) is 0 Å². The van der Waals surface area contributed by atoms with E-state index in [1.807, 2.05) is 36.7 Å². The zero-order valence-electron chi connectivity index (χ0n) is 18.7. The molecule has 35 heavy (non-hydrogen) atoms. The Morgan fingerprint density at radius 2 is 1.83 bits per heavy atom. The van der Waals surface area contributed by atoms with Crippen molar-refractivity contribution in [3.63, 3.8) is 0 Å². The first-order chi connectivity index (χ1) is 16.4. The topological polar surface area (TPSA) is 86.3 Å². The molecule has 0 spiro atoms. The molecule has 190 valence electrons. The number of carbonyl (C=O) groups excluding carboxylic acids is 1. The summed E-state index contributed by atoms with van der Waals surface area (Å²) in [7, 11) is 0. The van der Waals surface area contributed by atoms with Gasteiger partial charge in [-0.1, -0.05) is 17.3 Å². The van der Waals surface area contributed by atoms with Gasteiger partial charge in [0.1, 0.15) is 0 Å². The van der Waals surface area contributed by atoms with Gasteiger partial charge in [0.05, 0.1) is 11.2 Å². The number of aromatic nitrogens is 4. The monoisotopic (exact) mass is 505 g/mol. The van der Waals surface area contributed by atoms with Crippen LogP contribution < -0.4 is 0 Å². The third-order valence-electron chi connectivity index (χ3n) is 5.85. The number of piperidine rings is 1. The zero-order chi connectivity index (χ0) is 25.5. The third kappa shape index (κ3) is 5.05. The fourth-order valence-corrected chi connectivity index (χ4v) is 4.04. The van der Waals surface area contributed by atoms with Crippen LogP contribution in [-0.2, 0) is 11.3 Å². The van der Waals surface area contributed by atoms with Crippen LogP contribution in [-0.4, -0.2) is 62.5 Å². The molecule has 2 aromatic heterocycles. The second kappa shape index (κ2) is 9.04. The van der Waals surface area contributed by atoms with Crippen molar-refractivity contribution in [1.82, 2.24) is 24.8 Å². The highest BCUT2D eigenvalue weighted by molar-refractivity contribution is 5.85. The molecule has 1 aliphatic heterocycles. The summed E-state index contributed by atoms with van der Waals surface area (Å²) < 4.78 is 86.9. The Morgan fingerprint density at radius 1 is 1.17 bits per heavy atom. The van der Waals surface area contributed by atoms with Gasteiger partial charge in [-0.2, -0.15) is 36.4 Å². The van der Waals surface area contributed by atoms with Crippen molar-refractivity contribution in [2.45, 2.75) is 57.6 Å². The van der Waals surface area contributed by atoms with Crippen LogP contribution >= 0.6 is 0 Å². The zero-order valence-corrected chi connectivity index (χ0v) is 18.7. The van der Waals surface area contributed by atoms with Gasteiger partial charge in [0.15, 0.2) is 0 Å². The Bertz CT molecular complexity index is 1200. The Morgan fingerprint density at radius 3 is 2.43 bits per heavy atom. The highest BCUT2D eigenvalue weighted by atomic mass is 19.4. The predicted molar refractivity (Wildman–Crippen MR) is 109 cm³/mol. The number of nitrogens with zero attached hydrogens (tertiary/aromatic N) is 5. The molecule has 0 atom stereocenters. The number of benzene rings is 1. The Labute approximate surface area is 194 Å². The van der Waals surface area contributed by atoms with Crippen molar-refractivity contribution >= 4 is 17.0 Å². The number of rotatable bonds is 4. The van der Waals surface area contributed by atoms with Gasteiger partial charge in [0.25, 0.3) is 6.10 Å². The first-order valence-electron chi connectivity index (χ1n) is 10.8. The standard InChI is InChI=1S/C21H21F6N5O3/c1-3-32-15-10-13(4-5-14(15)11(2)29-32)16-28-17(35-30-16)12-6-8-31(9-7-12)19(33)34-18(20(22,23)24)21(25,26)27/h4-5,10,12,18H,3,6-9H2,1-2H3. The fraction of sp³-hybridized carbons (Fsp3) is 0.524. The van der Waals surface area contributed by atoms with Crippen molar-refractivity contribution in [2.75, 3.05) is 13.1 Å². The van der Waals surface area contributed by atoms with E-state index in [0.29, 0.717) is 17.9 Å². The Hall–Kier alpha value is -3.32. The fourth-order valence-electron chi connectivity index (χ4n) is 4.04. The number of ether oxygens (including phenoxy) is 1. The van der Waals surface area contributed by atoms with Crippen molar-refractivity contribution in [3.05, 3.63) is 29.8 Å². The van der Waals surface area contributed by atoms with Gasteiger partial charge in [0, 0.05) is 36.5 Å². The summed E-state index contributed by atoms with van der Waals surface area (Å²) in [5, 5.41) is 9.48. The quantitative estimate of drug-likeness (QED) is 0.452. The molecule has 0 unspecified atom stereocenters. The number of aryl methyl sites for hydroxylation is 2. The molecular formula is C21H21F6N5O3. The molecule has 1 amide bonds. The first kappa shape index (κ1) is 24.8. The molecule has 1 aliphatic rings. The van der Waals surface area contributed by atoms with Crippen LogP contribution in [0.2, 0.25) is 0 Å². The van der Waals surface area contributed by atoms with Crippen LogP contribution in [0.1, 0.15) is 37.3 Å². The molecule has 14 heteroatoms. The predicted octanol–water partition coefficient (Wildman–Crippen LogP) is 5.22. The normalized spacial score (nSPS) is 15.9. The van der Waals surface area contributed by atoms with Gasteiger partial charge in [-0.05, 0) is 32.8 Å². The van der Waals surface area contributed by atoms with Gasteiger partial charge >= 0.3 is 18.4 Å². The molecule has 0 radical (unpaired) electrons. The molecule has 1 fully saturated rings. The van der Waals surface area contributed by atoms with Gasteiger partial charge in [-0.15, -0.1) is 0 Å². The number of hydrogen-bond acceptors (Lipinski definition) is 6. The van der Waals surface area contributed by atoms with Crippen LogP contribution in [0.3, 0.4) is 0 Å². The molecule has 3 heterocycles. The molecule has 1 saturated heterocycles. The summed E-state index contributed by atoms with van der Waals surface area (Å²) >= 11 is 0. The summed E-state index contributed by atoms with van der Waals surface area (Å²) in [4.78, 5) is 17.2. The van der Waals surface area contributed by atoms with E-state index in [9.17, 15) is 31.1 Å². The lowest BCUT2D eigenvalue weighted by atomic mass is 9.97. The van der Waals surface area contributed by atoms with Gasteiger partial charge in [0.2, 0.25) is 11.7 Å². The van der Waals surface area contributed by atoms with E-state index in [2.05, 4.69) is 20.0 Å². The van der Waals surface area contributed by atoms with E-state index in [1.54, 1.807) is 0 Å². The number of carbonyl (C=O) groups is 1. The second-order valence-corrected chi connectivity index (χ2v) is 8.20. The molecule has 0 aliphatic carbocycles. The molecule has 4 rings (SSSR count). The Kier molecular flexibility index (Phi) is 6.40. The third-order valence-corrected chi connectivity index (χ3v) is 5.85. The molecule has 8 nitrogen and oxygen atoms in total. The van der Waals surface area contributed by atoms with E-state index in [4.69, 9.17) is 4.52 Å². The van der Waals surface area contributed by atoms with Crippen molar-refractivity contribution in [1.29, 1.82) is 0 Å².